The number of ether oxygens (including phenoxy) is 4. The Hall–Kier alpha value is -4.85. The predicted molar refractivity (Wildman–Crippen MR) is 181 cm³/mol. The van der Waals surface area contributed by atoms with Crippen molar-refractivity contribution in [1.82, 2.24) is 4.57 Å². The lowest BCUT2D eigenvalue weighted by Crippen LogP contribution is -2.40. The van der Waals surface area contributed by atoms with E-state index in [1.165, 1.54) is 15.9 Å². The van der Waals surface area contributed by atoms with Crippen LogP contribution in [0.2, 0.25) is 5.02 Å². The first-order valence-electron chi connectivity index (χ1n) is 15.2. The van der Waals surface area contributed by atoms with Crippen LogP contribution in [0.4, 0.5) is 0 Å². The van der Waals surface area contributed by atoms with E-state index in [-0.39, 0.29) is 30.5 Å². The molecule has 0 fully saturated rings. The highest BCUT2D eigenvalue weighted by Crippen LogP contribution is 2.38. The average molecular weight is 672 g/mol. The maximum atomic E-state index is 14.2. The van der Waals surface area contributed by atoms with Crippen LogP contribution in [0.1, 0.15) is 62.9 Å². The second-order valence-electron chi connectivity index (χ2n) is 10.9. The van der Waals surface area contributed by atoms with E-state index in [0.717, 1.165) is 5.56 Å². The second-order valence-corrected chi connectivity index (χ2v) is 12.3. The van der Waals surface area contributed by atoms with Gasteiger partial charge in [-0.1, -0.05) is 53.3 Å². The van der Waals surface area contributed by atoms with E-state index in [4.69, 9.17) is 35.8 Å². The number of nitrogens with zero attached hydrogens (tertiary/aromatic N) is 3. The number of aromatic nitrogens is 1. The fourth-order valence-electron chi connectivity index (χ4n) is 5.21. The largest absolute Gasteiger partial charge is 0.491 e. The Bertz CT molecular complexity index is 2060. The topological polar surface area (TPSA) is 112 Å². The maximum Gasteiger partial charge on any atom is 0.338 e. The summed E-state index contributed by atoms with van der Waals surface area (Å²) in [5.74, 6) is 0.805. The summed E-state index contributed by atoms with van der Waals surface area (Å²) in [6.07, 6.45) is 1.59. The molecule has 1 aromatic heterocycles. The molecular formula is C36H34ClN3O6S. The van der Waals surface area contributed by atoms with Crippen LogP contribution >= 0.6 is 22.9 Å². The van der Waals surface area contributed by atoms with E-state index in [1.54, 1.807) is 44.2 Å². The molecular weight excluding hydrogens is 638 g/mol. The van der Waals surface area contributed by atoms with Gasteiger partial charge < -0.3 is 18.9 Å². The summed E-state index contributed by atoms with van der Waals surface area (Å²) in [6, 6.07) is 19.2. The molecule has 1 aliphatic rings. The standard InChI is InChI=1S/C36H34ClN3O6S/c1-6-43-29-17-25(16-27(37)33(29)45-20-24-14-12-23(19-38)13-15-24)18-30-34(41)40-32(26-10-8-9-11-28(26)46-21(3)4)31(35(42)44-7-2)22(5)39-36(40)47-30/h8-18,21,32H,6-7,20H2,1-5H3/b30-18-/t32-/m0/s1. The van der Waals surface area contributed by atoms with E-state index in [1.807, 2.05) is 57.2 Å². The van der Waals surface area contributed by atoms with Crippen LogP contribution < -0.4 is 29.1 Å². The van der Waals surface area contributed by atoms with Crippen molar-refractivity contribution >= 4 is 35.0 Å². The van der Waals surface area contributed by atoms with Crippen molar-refractivity contribution in [1.29, 1.82) is 5.26 Å². The molecule has 0 saturated carbocycles. The van der Waals surface area contributed by atoms with Crippen LogP contribution in [0.5, 0.6) is 17.2 Å². The van der Waals surface area contributed by atoms with Crippen molar-refractivity contribution in [2.45, 2.75) is 53.4 Å². The summed E-state index contributed by atoms with van der Waals surface area (Å²) in [4.78, 5) is 32.6. The van der Waals surface area contributed by atoms with Crippen LogP contribution in [0.3, 0.4) is 0 Å². The number of nitriles is 1. The lowest BCUT2D eigenvalue weighted by molar-refractivity contribution is -0.139. The number of halogens is 1. The van der Waals surface area contributed by atoms with Gasteiger partial charge in [-0.3, -0.25) is 9.36 Å². The summed E-state index contributed by atoms with van der Waals surface area (Å²) in [7, 11) is 0. The van der Waals surface area contributed by atoms with Crippen molar-refractivity contribution in [2.75, 3.05) is 13.2 Å². The zero-order chi connectivity index (χ0) is 33.7. The Morgan fingerprint density at radius 2 is 1.83 bits per heavy atom. The number of carbonyl (C=O) groups is 1. The smallest absolute Gasteiger partial charge is 0.338 e. The first-order valence-corrected chi connectivity index (χ1v) is 16.4. The first kappa shape index (κ1) is 33.5. The van der Waals surface area contributed by atoms with Gasteiger partial charge in [0.25, 0.3) is 5.56 Å². The number of rotatable bonds is 11. The molecule has 4 aromatic rings. The van der Waals surface area contributed by atoms with Crippen LogP contribution in [-0.2, 0) is 16.1 Å². The van der Waals surface area contributed by atoms with Gasteiger partial charge in [0.2, 0.25) is 0 Å². The zero-order valence-corrected chi connectivity index (χ0v) is 28.3. The lowest BCUT2D eigenvalue weighted by Gasteiger charge is -2.26. The third kappa shape index (κ3) is 7.27. The number of hydrogen-bond donors (Lipinski definition) is 0. The van der Waals surface area contributed by atoms with E-state index in [9.17, 15) is 9.59 Å². The van der Waals surface area contributed by atoms with Gasteiger partial charge in [-0.15, -0.1) is 0 Å². The van der Waals surface area contributed by atoms with Gasteiger partial charge in [-0.25, -0.2) is 9.79 Å². The number of thiazole rings is 1. The summed E-state index contributed by atoms with van der Waals surface area (Å²) in [5.41, 5.74) is 3.10. The molecule has 0 saturated heterocycles. The number of para-hydroxylation sites is 1. The predicted octanol–water partition coefficient (Wildman–Crippen LogP) is 6.09. The molecule has 0 aliphatic carbocycles. The fraction of sp³-hybridized carbons (Fsp3) is 0.278. The number of esters is 1. The summed E-state index contributed by atoms with van der Waals surface area (Å²) in [5, 5.41) is 9.37. The Morgan fingerprint density at radius 3 is 2.51 bits per heavy atom. The molecule has 11 heteroatoms. The monoisotopic (exact) mass is 671 g/mol. The summed E-state index contributed by atoms with van der Waals surface area (Å²) < 4.78 is 25.4. The van der Waals surface area contributed by atoms with Gasteiger partial charge >= 0.3 is 5.97 Å². The number of fused-ring (bicyclic) bond motifs is 1. The molecule has 0 bridgehead atoms. The number of allylic oxidation sites excluding steroid dienone is 1. The third-order valence-corrected chi connectivity index (χ3v) is 8.45. The molecule has 0 unspecified atom stereocenters. The van der Waals surface area contributed by atoms with Crippen molar-refractivity contribution in [3.05, 3.63) is 119 Å². The molecule has 242 valence electrons. The van der Waals surface area contributed by atoms with Crippen molar-refractivity contribution in [3.8, 4) is 23.3 Å². The van der Waals surface area contributed by atoms with Gasteiger partial charge in [0, 0.05) is 5.56 Å². The molecule has 47 heavy (non-hydrogen) atoms. The molecule has 0 amide bonds. The highest BCUT2D eigenvalue weighted by atomic mass is 35.5. The minimum atomic E-state index is -0.817. The van der Waals surface area contributed by atoms with Crippen molar-refractivity contribution in [2.24, 2.45) is 4.99 Å². The molecule has 9 nitrogen and oxygen atoms in total. The Balaban J connectivity index is 1.60. The molecule has 1 aliphatic heterocycles. The normalized spacial score (nSPS) is 14.3. The van der Waals surface area contributed by atoms with Crippen LogP contribution in [0, 0.1) is 11.3 Å². The molecule has 5 rings (SSSR count). The van der Waals surface area contributed by atoms with Gasteiger partial charge in [0.05, 0.1) is 51.8 Å². The van der Waals surface area contributed by atoms with Gasteiger partial charge in [-0.2, -0.15) is 5.26 Å². The zero-order valence-electron chi connectivity index (χ0n) is 26.7. The van der Waals surface area contributed by atoms with Crippen LogP contribution in [0.15, 0.2) is 81.7 Å². The Kier molecular flexibility index (Phi) is 10.5. The minimum absolute atomic E-state index is 0.136. The van der Waals surface area contributed by atoms with Crippen molar-refractivity contribution in [3.63, 3.8) is 0 Å². The van der Waals surface area contributed by atoms with Gasteiger partial charge in [0.15, 0.2) is 16.3 Å². The minimum Gasteiger partial charge on any atom is -0.491 e. The SMILES string of the molecule is CCOC(=O)C1=C(C)N=c2s/c(=C\c3cc(Cl)c(OCc4ccc(C#N)cc4)c(OCC)c3)c(=O)n2[C@H]1c1ccccc1OC(C)C. The van der Waals surface area contributed by atoms with E-state index < -0.39 is 12.0 Å². The quantitative estimate of drug-likeness (QED) is 0.178. The number of carbonyl (C=O) groups excluding carboxylic acids is 1. The first-order chi connectivity index (χ1) is 22.6. The van der Waals surface area contributed by atoms with Crippen LogP contribution in [0.25, 0.3) is 6.08 Å². The van der Waals surface area contributed by atoms with E-state index >= 15 is 0 Å². The molecule has 2 heterocycles. The summed E-state index contributed by atoms with van der Waals surface area (Å²) >= 11 is 7.93. The maximum absolute atomic E-state index is 14.2. The second kappa shape index (κ2) is 14.7. The van der Waals surface area contributed by atoms with Gasteiger partial charge in [0.1, 0.15) is 18.4 Å². The fourth-order valence-corrected chi connectivity index (χ4v) is 6.53. The molecule has 1 atom stereocenters. The van der Waals surface area contributed by atoms with E-state index in [0.29, 0.717) is 60.6 Å². The summed E-state index contributed by atoms with van der Waals surface area (Å²) in [6.45, 7) is 9.92. The van der Waals surface area contributed by atoms with Crippen LogP contribution in [-0.4, -0.2) is 29.9 Å². The third-order valence-electron chi connectivity index (χ3n) is 7.19. The van der Waals surface area contributed by atoms with E-state index in [2.05, 4.69) is 11.1 Å². The highest BCUT2D eigenvalue weighted by molar-refractivity contribution is 7.07. The average Bonchev–Trinajstić information content (AvgIpc) is 3.34. The molecule has 0 N–H and O–H groups in total. The van der Waals surface area contributed by atoms with Crippen molar-refractivity contribution < 1.29 is 23.7 Å². The molecule has 0 spiro atoms. The Morgan fingerprint density at radius 1 is 1.09 bits per heavy atom. The molecule has 0 radical (unpaired) electrons. The highest BCUT2D eigenvalue weighted by Gasteiger charge is 2.35. The number of benzene rings is 3. The Labute approximate surface area is 281 Å². The lowest BCUT2D eigenvalue weighted by atomic mass is 9.95. The van der Waals surface area contributed by atoms with Gasteiger partial charge in [-0.05, 0) is 82.2 Å². The molecule has 3 aromatic carbocycles. The number of hydrogen-bond acceptors (Lipinski definition) is 9.